The van der Waals surface area contributed by atoms with Crippen LogP contribution in [0.15, 0.2) is 48.7 Å². The molecule has 1 aromatic heterocycles. The van der Waals surface area contributed by atoms with Gasteiger partial charge in [0.15, 0.2) is 0 Å². The predicted molar refractivity (Wildman–Crippen MR) is 149 cm³/mol. The van der Waals surface area contributed by atoms with Gasteiger partial charge in [0.2, 0.25) is 0 Å². The molecule has 0 aliphatic heterocycles. The first kappa shape index (κ1) is 34.0. The number of amides is 3. The van der Waals surface area contributed by atoms with E-state index >= 15 is 0 Å². The molecule has 0 radical (unpaired) electrons. The summed E-state index contributed by atoms with van der Waals surface area (Å²) in [5.74, 6) is -4.95. The number of pyridine rings is 1. The summed E-state index contributed by atoms with van der Waals surface area (Å²) < 4.78 is 88.0. The van der Waals surface area contributed by atoms with Crippen LogP contribution in [0, 0.1) is 11.6 Å². The van der Waals surface area contributed by atoms with E-state index in [2.05, 4.69) is 29.2 Å². The van der Waals surface area contributed by atoms with Crippen LogP contribution in [0.1, 0.15) is 12.0 Å². The lowest BCUT2D eigenvalue weighted by molar-refractivity contribution is -0.0736. The van der Waals surface area contributed by atoms with E-state index in [4.69, 9.17) is 16.3 Å². The van der Waals surface area contributed by atoms with Crippen molar-refractivity contribution >= 4 is 48.1 Å². The lowest BCUT2D eigenvalue weighted by Gasteiger charge is -2.31. The summed E-state index contributed by atoms with van der Waals surface area (Å²) in [5.41, 5.74) is 0.229. The van der Waals surface area contributed by atoms with Gasteiger partial charge < -0.3 is 15.0 Å². The molecular weight excluding hydrogens is 623 g/mol. The summed E-state index contributed by atoms with van der Waals surface area (Å²) in [5, 5.41) is 5.55. The first-order valence-electron chi connectivity index (χ1n) is 12.4. The van der Waals surface area contributed by atoms with Crippen LogP contribution in [-0.4, -0.2) is 68.5 Å². The summed E-state index contributed by atoms with van der Waals surface area (Å²) in [6.07, 6.45) is -0.835. The Morgan fingerprint density at radius 1 is 1.12 bits per heavy atom. The Kier molecular flexibility index (Phi) is 11.7. The lowest BCUT2D eigenvalue weighted by atomic mass is 10.1. The molecule has 0 spiro atoms. The Morgan fingerprint density at radius 3 is 2.53 bits per heavy atom. The second kappa shape index (κ2) is 14.8. The number of carbonyl (C=O) groups is 2. The lowest BCUT2D eigenvalue weighted by Crippen LogP contribution is -2.48. The third-order valence-corrected chi connectivity index (χ3v) is 7.83. The van der Waals surface area contributed by atoms with Crippen molar-refractivity contribution in [1.82, 2.24) is 15.2 Å². The highest BCUT2D eigenvalue weighted by Crippen LogP contribution is 2.48. The number of rotatable bonds is 13. The van der Waals surface area contributed by atoms with Gasteiger partial charge in [-0.25, -0.2) is 36.7 Å². The van der Waals surface area contributed by atoms with E-state index < -0.39 is 63.2 Å². The maximum Gasteiger partial charge on any atom is 0.474 e. The Labute approximate surface area is 249 Å². The minimum Gasteiger partial charge on any atom is -0.447 e. The molecule has 0 saturated heterocycles. The van der Waals surface area contributed by atoms with Gasteiger partial charge in [-0.3, -0.25) is 18.9 Å². The molecule has 11 nitrogen and oxygen atoms in total. The molecule has 0 aliphatic rings. The highest BCUT2D eigenvalue weighted by Gasteiger charge is 2.39. The van der Waals surface area contributed by atoms with Gasteiger partial charge in [0.25, 0.3) is 5.92 Å². The van der Waals surface area contributed by atoms with Crippen molar-refractivity contribution in [1.29, 1.82) is 0 Å². The first-order valence-corrected chi connectivity index (χ1v) is 14.3. The quantitative estimate of drug-likeness (QED) is 0.161. The van der Waals surface area contributed by atoms with Crippen molar-refractivity contribution in [2.45, 2.75) is 24.9 Å². The van der Waals surface area contributed by atoms with Gasteiger partial charge in [-0.2, -0.15) is 0 Å². The number of hydrogen-bond donors (Lipinski definition) is 2. The fraction of sp³-hybridized carbons (Fsp3) is 0.346. The number of hydrogen-bond acceptors (Lipinski definition) is 8. The Balaban J connectivity index is 1.71. The number of phosphoric acid groups is 1. The Bertz CT molecular complexity index is 1500. The summed E-state index contributed by atoms with van der Waals surface area (Å²) >= 11 is 5.91. The van der Waals surface area contributed by atoms with Gasteiger partial charge in [-0.05, 0) is 41.3 Å². The minimum atomic E-state index is -4.25. The molecule has 3 rings (SSSR count). The smallest absolute Gasteiger partial charge is 0.447 e. The SMILES string of the molecule is COP(=O)(OC)OCC(F)(F)C[C@@H](COC(=O)Nc1cc2cc(F)ccc2cn1)N(C)C(=O)NCc1cccc(F)c1Cl. The van der Waals surface area contributed by atoms with Gasteiger partial charge in [-0.15, -0.1) is 0 Å². The van der Waals surface area contributed by atoms with E-state index in [9.17, 15) is 31.7 Å². The van der Waals surface area contributed by atoms with E-state index in [0.29, 0.717) is 10.8 Å². The number of nitrogens with zero attached hydrogens (tertiary/aromatic N) is 2. The number of anilines is 1. The summed E-state index contributed by atoms with van der Waals surface area (Å²) in [6, 6.07) is 6.96. The number of alkyl halides is 2. The third kappa shape index (κ3) is 9.76. The van der Waals surface area contributed by atoms with E-state index in [1.165, 1.54) is 49.6 Å². The number of benzene rings is 2. The average molecular weight is 651 g/mol. The summed E-state index contributed by atoms with van der Waals surface area (Å²) in [4.78, 5) is 30.2. The molecule has 0 bridgehead atoms. The van der Waals surface area contributed by atoms with E-state index in [0.717, 1.165) is 25.2 Å². The van der Waals surface area contributed by atoms with Gasteiger partial charge in [-0.1, -0.05) is 23.7 Å². The van der Waals surface area contributed by atoms with Gasteiger partial charge in [0.1, 0.15) is 30.7 Å². The number of fused-ring (bicyclic) bond motifs is 1. The largest absolute Gasteiger partial charge is 0.474 e. The van der Waals surface area contributed by atoms with Crippen LogP contribution in [0.25, 0.3) is 10.8 Å². The number of likely N-dealkylation sites (N-methyl/N-ethyl adjacent to an activating group) is 1. The minimum absolute atomic E-state index is 0.00802. The average Bonchev–Trinajstić information content (AvgIpc) is 2.98. The standard InChI is InChI=1S/C26H28ClF4N4O7P/c1-35(24(36)33-13-17-5-4-6-21(29)23(17)27)20(11-26(30,31)15-42-43(38,39-2)40-3)14-41-25(37)34-22-10-18-9-19(28)8-7-16(18)12-32-22/h4-10,12,20H,11,13-15H2,1-3H3,(H,33,36)(H,32,34,37)/t20-/m0/s1. The van der Waals surface area contributed by atoms with Crippen molar-refractivity contribution in [3.8, 4) is 0 Å². The van der Waals surface area contributed by atoms with E-state index in [-0.39, 0.29) is 22.9 Å². The molecule has 2 aromatic carbocycles. The Hall–Kier alpha value is -3.49. The molecule has 17 heteroatoms. The first-order chi connectivity index (χ1) is 20.3. The van der Waals surface area contributed by atoms with Crippen molar-refractivity contribution in [3.63, 3.8) is 0 Å². The number of halogens is 5. The molecule has 0 fully saturated rings. The van der Waals surface area contributed by atoms with Crippen LogP contribution in [0.2, 0.25) is 5.02 Å². The topological polar surface area (TPSA) is 128 Å². The Morgan fingerprint density at radius 2 is 1.84 bits per heavy atom. The number of carbonyl (C=O) groups excluding carboxylic acids is 2. The fourth-order valence-electron chi connectivity index (χ4n) is 3.70. The number of phosphoric ester groups is 1. The normalized spacial score (nSPS) is 12.6. The molecule has 1 atom stereocenters. The number of nitrogens with one attached hydrogen (secondary N) is 2. The number of aromatic nitrogens is 1. The van der Waals surface area contributed by atoms with Crippen LogP contribution in [0.4, 0.5) is 33.0 Å². The molecule has 2 N–H and O–H groups in total. The maximum atomic E-state index is 14.9. The molecule has 43 heavy (non-hydrogen) atoms. The van der Waals surface area contributed by atoms with E-state index in [1.807, 2.05) is 0 Å². The highest BCUT2D eigenvalue weighted by molar-refractivity contribution is 7.48. The molecule has 3 amide bonds. The molecule has 0 saturated carbocycles. The van der Waals surface area contributed by atoms with Gasteiger partial charge in [0, 0.05) is 45.8 Å². The molecule has 1 heterocycles. The summed E-state index contributed by atoms with van der Waals surface area (Å²) in [6.45, 7) is -2.40. The van der Waals surface area contributed by atoms with E-state index in [1.54, 1.807) is 0 Å². The van der Waals surface area contributed by atoms with Crippen LogP contribution >= 0.6 is 19.4 Å². The van der Waals surface area contributed by atoms with Crippen LogP contribution in [0.5, 0.6) is 0 Å². The number of ether oxygens (including phenoxy) is 1. The highest BCUT2D eigenvalue weighted by atomic mass is 35.5. The molecule has 0 unspecified atom stereocenters. The second-order valence-corrected chi connectivity index (χ2v) is 11.3. The predicted octanol–water partition coefficient (Wildman–Crippen LogP) is 6.37. The zero-order valence-electron chi connectivity index (χ0n) is 23.1. The summed E-state index contributed by atoms with van der Waals surface area (Å²) in [7, 11) is -1.19. The van der Waals surface area contributed by atoms with Crippen molar-refractivity contribution in [3.05, 3.63) is 70.9 Å². The van der Waals surface area contributed by atoms with Crippen LogP contribution in [-0.2, 0) is 29.4 Å². The monoisotopic (exact) mass is 650 g/mol. The van der Waals surface area contributed by atoms with Gasteiger partial charge in [0.05, 0.1) is 11.1 Å². The third-order valence-electron chi connectivity index (χ3n) is 6.07. The zero-order valence-corrected chi connectivity index (χ0v) is 24.8. The van der Waals surface area contributed by atoms with Crippen LogP contribution < -0.4 is 10.6 Å². The van der Waals surface area contributed by atoms with Crippen molar-refractivity contribution < 1.29 is 50.0 Å². The van der Waals surface area contributed by atoms with Gasteiger partial charge >= 0.3 is 19.9 Å². The van der Waals surface area contributed by atoms with Crippen LogP contribution in [0.3, 0.4) is 0 Å². The zero-order chi connectivity index (χ0) is 31.8. The van der Waals surface area contributed by atoms with Crippen molar-refractivity contribution in [2.24, 2.45) is 0 Å². The second-order valence-electron chi connectivity index (χ2n) is 9.07. The molecule has 0 aliphatic carbocycles. The maximum absolute atomic E-state index is 14.9. The fourth-order valence-corrected chi connectivity index (χ4v) is 4.60. The molecular formula is C26H28ClF4N4O7P. The number of urea groups is 1. The molecule has 234 valence electrons. The van der Waals surface area contributed by atoms with Crippen molar-refractivity contribution in [2.75, 3.05) is 39.8 Å². The molecule has 3 aromatic rings.